The van der Waals surface area contributed by atoms with Gasteiger partial charge in [-0.2, -0.15) is 0 Å². The molecule has 33 heavy (non-hydrogen) atoms. The van der Waals surface area contributed by atoms with Gasteiger partial charge in [-0.05, 0) is 56.0 Å². The number of carbonyl (C=O) groups is 1. The molecular formula is C27H31N3O3. The molecule has 0 atom stereocenters. The Kier molecular flexibility index (Phi) is 5.66. The van der Waals surface area contributed by atoms with Crippen molar-refractivity contribution in [3.05, 3.63) is 72.4 Å². The largest absolute Gasteiger partial charge is 0.438 e. The van der Waals surface area contributed by atoms with Gasteiger partial charge in [0, 0.05) is 30.1 Å². The monoisotopic (exact) mass is 445 g/mol. The SMILES string of the molecule is CC1(O)CC(OC(=O)NC(C)(C)C)(c2ccc(-c3cnc(N)cc3-c3ccccc3)cc2)C1. The van der Waals surface area contributed by atoms with E-state index in [4.69, 9.17) is 10.5 Å². The number of carbonyl (C=O) groups excluding carboxylic acids is 1. The van der Waals surface area contributed by atoms with Crippen LogP contribution < -0.4 is 11.1 Å². The van der Waals surface area contributed by atoms with Crippen molar-refractivity contribution in [3.63, 3.8) is 0 Å². The number of hydrogen-bond acceptors (Lipinski definition) is 5. The van der Waals surface area contributed by atoms with E-state index in [0.29, 0.717) is 18.7 Å². The van der Waals surface area contributed by atoms with Gasteiger partial charge in [0.25, 0.3) is 0 Å². The molecule has 4 N–H and O–H groups in total. The first kappa shape index (κ1) is 22.8. The molecule has 172 valence electrons. The molecule has 1 aliphatic carbocycles. The summed E-state index contributed by atoms with van der Waals surface area (Å²) in [6, 6.07) is 19.8. The van der Waals surface area contributed by atoms with Crippen molar-refractivity contribution >= 4 is 11.9 Å². The van der Waals surface area contributed by atoms with Crippen LogP contribution in [0, 0.1) is 0 Å². The van der Waals surface area contributed by atoms with Crippen molar-refractivity contribution in [1.29, 1.82) is 0 Å². The quantitative estimate of drug-likeness (QED) is 0.509. The molecule has 0 radical (unpaired) electrons. The third-order valence-electron chi connectivity index (χ3n) is 5.83. The zero-order chi connectivity index (χ0) is 23.9. The number of rotatable bonds is 4. The van der Waals surface area contributed by atoms with Gasteiger partial charge >= 0.3 is 6.09 Å². The van der Waals surface area contributed by atoms with Crippen LogP contribution in [0.1, 0.15) is 46.1 Å². The summed E-state index contributed by atoms with van der Waals surface area (Å²) in [5.74, 6) is 0.461. The molecule has 0 spiro atoms. The molecule has 0 saturated heterocycles. The number of benzene rings is 2. The van der Waals surface area contributed by atoms with Crippen LogP contribution in [-0.4, -0.2) is 27.3 Å². The summed E-state index contributed by atoms with van der Waals surface area (Å²) in [5, 5.41) is 13.3. The summed E-state index contributed by atoms with van der Waals surface area (Å²) in [6.45, 7) is 7.46. The Hall–Kier alpha value is -3.38. The van der Waals surface area contributed by atoms with E-state index in [9.17, 15) is 9.90 Å². The molecule has 1 aromatic heterocycles. The number of pyridine rings is 1. The number of nitrogen functional groups attached to an aromatic ring is 1. The number of hydrogen-bond donors (Lipinski definition) is 3. The lowest BCUT2D eigenvalue weighted by molar-refractivity contribution is -0.176. The van der Waals surface area contributed by atoms with Gasteiger partial charge in [-0.3, -0.25) is 0 Å². The van der Waals surface area contributed by atoms with E-state index in [1.807, 2.05) is 81.4 Å². The minimum Gasteiger partial charge on any atom is -0.438 e. The Morgan fingerprint density at radius 1 is 1.03 bits per heavy atom. The van der Waals surface area contributed by atoms with Crippen LogP contribution in [-0.2, 0) is 10.3 Å². The molecule has 2 aromatic carbocycles. The molecule has 1 heterocycles. The van der Waals surface area contributed by atoms with Crippen molar-refractivity contribution in [1.82, 2.24) is 10.3 Å². The van der Waals surface area contributed by atoms with Crippen LogP contribution in [0.25, 0.3) is 22.3 Å². The molecular weight excluding hydrogens is 414 g/mol. The molecule has 6 heteroatoms. The highest BCUT2D eigenvalue weighted by Crippen LogP contribution is 2.51. The molecule has 3 aromatic rings. The van der Waals surface area contributed by atoms with Gasteiger partial charge < -0.3 is 20.9 Å². The fraction of sp³-hybridized carbons (Fsp3) is 0.333. The maximum Gasteiger partial charge on any atom is 0.408 e. The Bertz CT molecular complexity index is 1140. The second kappa shape index (κ2) is 8.19. The summed E-state index contributed by atoms with van der Waals surface area (Å²) < 4.78 is 5.89. The molecule has 6 nitrogen and oxygen atoms in total. The van der Waals surface area contributed by atoms with Crippen molar-refractivity contribution in [3.8, 4) is 22.3 Å². The van der Waals surface area contributed by atoms with Crippen LogP contribution in [0.5, 0.6) is 0 Å². The molecule has 1 fully saturated rings. The molecule has 4 rings (SSSR count). The van der Waals surface area contributed by atoms with E-state index in [2.05, 4.69) is 10.3 Å². The predicted octanol–water partition coefficient (Wildman–Crippen LogP) is 5.26. The first-order valence-corrected chi connectivity index (χ1v) is 11.1. The normalized spacial score (nSPS) is 22.3. The van der Waals surface area contributed by atoms with E-state index in [1.165, 1.54) is 0 Å². The zero-order valence-corrected chi connectivity index (χ0v) is 19.6. The van der Waals surface area contributed by atoms with Gasteiger partial charge in [-0.25, -0.2) is 9.78 Å². The first-order chi connectivity index (χ1) is 15.5. The second-order valence-corrected chi connectivity index (χ2v) is 10.2. The van der Waals surface area contributed by atoms with E-state index < -0.39 is 22.8 Å². The van der Waals surface area contributed by atoms with Gasteiger partial charge in [0.2, 0.25) is 0 Å². The Balaban J connectivity index is 1.66. The summed E-state index contributed by atoms with van der Waals surface area (Å²) in [7, 11) is 0. The minimum atomic E-state index is -0.873. The highest BCUT2D eigenvalue weighted by atomic mass is 16.6. The lowest BCUT2D eigenvalue weighted by atomic mass is 9.65. The topological polar surface area (TPSA) is 97.5 Å². The fourth-order valence-electron chi connectivity index (χ4n) is 4.53. The number of nitrogens with one attached hydrogen (secondary N) is 1. The van der Waals surface area contributed by atoms with Gasteiger partial charge in [0.1, 0.15) is 11.4 Å². The number of anilines is 1. The lowest BCUT2D eigenvalue weighted by Gasteiger charge is -2.51. The molecule has 1 amide bonds. The summed E-state index contributed by atoms with van der Waals surface area (Å²) in [5.41, 5.74) is 8.67. The number of aromatic nitrogens is 1. The number of ether oxygens (including phenoxy) is 1. The molecule has 0 unspecified atom stereocenters. The Labute approximate surface area is 194 Å². The van der Waals surface area contributed by atoms with Crippen LogP contribution in [0.2, 0.25) is 0 Å². The molecule has 1 aliphatic rings. The third kappa shape index (κ3) is 5.01. The Morgan fingerprint density at radius 3 is 2.21 bits per heavy atom. The smallest absolute Gasteiger partial charge is 0.408 e. The van der Waals surface area contributed by atoms with E-state index in [0.717, 1.165) is 27.8 Å². The highest BCUT2D eigenvalue weighted by molar-refractivity contribution is 5.84. The maximum absolute atomic E-state index is 12.5. The summed E-state index contributed by atoms with van der Waals surface area (Å²) in [4.78, 5) is 16.8. The van der Waals surface area contributed by atoms with Crippen molar-refractivity contribution in [2.45, 2.75) is 57.3 Å². The van der Waals surface area contributed by atoms with Gasteiger partial charge in [0.15, 0.2) is 0 Å². The standard InChI is InChI=1S/C27H31N3O3/c1-25(2,3)30-24(31)33-27(16-26(4,32)17-27)20-12-10-19(11-13-20)22-15-29-23(28)14-21(22)18-8-6-5-7-9-18/h5-15,32H,16-17H2,1-4H3,(H2,28,29)(H,30,31). The van der Waals surface area contributed by atoms with Crippen LogP contribution in [0.15, 0.2) is 66.9 Å². The minimum absolute atomic E-state index is 0.343. The van der Waals surface area contributed by atoms with Crippen molar-refractivity contribution in [2.75, 3.05) is 5.73 Å². The number of alkyl carbamates (subject to hydrolysis) is 1. The molecule has 0 aliphatic heterocycles. The average Bonchev–Trinajstić information content (AvgIpc) is 2.71. The number of aliphatic hydroxyl groups is 1. The highest BCUT2D eigenvalue weighted by Gasteiger charge is 2.55. The number of nitrogens with two attached hydrogens (primary N) is 1. The summed E-state index contributed by atoms with van der Waals surface area (Å²) >= 11 is 0. The van der Waals surface area contributed by atoms with Crippen LogP contribution in [0.3, 0.4) is 0 Å². The van der Waals surface area contributed by atoms with E-state index in [1.54, 1.807) is 13.1 Å². The van der Waals surface area contributed by atoms with Crippen molar-refractivity contribution < 1.29 is 14.6 Å². The van der Waals surface area contributed by atoms with Crippen LogP contribution >= 0.6 is 0 Å². The fourth-order valence-corrected chi connectivity index (χ4v) is 4.53. The van der Waals surface area contributed by atoms with Gasteiger partial charge in [-0.15, -0.1) is 0 Å². The lowest BCUT2D eigenvalue weighted by Crippen LogP contribution is -2.57. The van der Waals surface area contributed by atoms with Crippen molar-refractivity contribution in [2.24, 2.45) is 0 Å². The molecule has 1 saturated carbocycles. The first-order valence-electron chi connectivity index (χ1n) is 11.1. The number of amides is 1. The van der Waals surface area contributed by atoms with E-state index >= 15 is 0 Å². The third-order valence-corrected chi connectivity index (χ3v) is 5.83. The van der Waals surface area contributed by atoms with E-state index in [-0.39, 0.29) is 0 Å². The summed E-state index contributed by atoms with van der Waals surface area (Å²) in [6.07, 6.45) is 1.98. The second-order valence-electron chi connectivity index (χ2n) is 10.2. The van der Waals surface area contributed by atoms with Gasteiger partial charge in [-0.1, -0.05) is 54.6 Å². The number of nitrogens with zero attached hydrogens (tertiary/aromatic N) is 1. The van der Waals surface area contributed by atoms with Crippen LogP contribution in [0.4, 0.5) is 10.6 Å². The van der Waals surface area contributed by atoms with Gasteiger partial charge in [0.05, 0.1) is 5.60 Å². The Morgan fingerprint density at radius 2 is 1.64 bits per heavy atom. The average molecular weight is 446 g/mol. The maximum atomic E-state index is 12.5. The predicted molar refractivity (Wildman–Crippen MR) is 130 cm³/mol. The zero-order valence-electron chi connectivity index (χ0n) is 19.6. The molecule has 0 bridgehead atoms.